The zero-order valence-electron chi connectivity index (χ0n) is 10.9. The first-order chi connectivity index (χ1) is 9.45. The van der Waals surface area contributed by atoms with Crippen molar-refractivity contribution < 1.29 is 14.7 Å². The van der Waals surface area contributed by atoms with Crippen LogP contribution in [0.3, 0.4) is 0 Å². The third kappa shape index (κ3) is 3.71. The van der Waals surface area contributed by atoms with Crippen molar-refractivity contribution in [1.82, 2.24) is 5.32 Å². The fourth-order valence-electron chi connectivity index (χ4n) is 2.00. The number of hydrogen-bond donors (Lipinski definition) is 2. The fourth-order valence-corrected chi connectivity index (χ4v) is 3.12. The number of carboxylic acids is 1. The SMILES string of the molecule is CC(CC(=O)O)NC(=O)Cc1csc2ccc(Cl)cc12. The summed E-state index contributed by atoms with van der Waals surface area (Å²) in [7, 11) is 0. The Kier molecular flexibility index (Phi) is 4.62. The number of nitrogens with one attached hydrogen (secondary N) is 1. The summed E-state index contributed by atoms with van der Waals surface area (Å²) in [5.74, 6) is -1.11. The van der Waals surface area contributed by atoms with E-state index in [1.165, 1.54) is 0 Å². The number of benzene rings is 1. The van der Waals surface area contributed by atoms with Gasteiger partial charge in [-0.05, 0) is 41.5 Å². The fraction of sp³-hybridized carbons (Fsp3) is 0.286. The lowest BCUT2D eigenvalue weighted by Gasteiger charge is -2.11. The zero-order chi connectivity index (χ0) is 14.7. The molecule has 20 heavy (non-hydrogen) atoms. The minimum absolute atomic E-state index is 0.0814. The first kappa shape index (κ1) is 14.8. The number of rotatable bonds is 5. The van der Waals surface area contributed by atoms with Gasteiger partial charge in [0, 0.05) is 15.8 Å². The van der Waals surface area contributed by atoms with E-state index in [1.54, 1.807) is 18.3 Å². The average molecular weight is 312 g/mol. The highest BCUT2D eigenvalue weighted by atomic mass is 35.5. The van der Waals surface area contributed by atoms with E-state index in [9.17, 15) is 9.59 Å². The molecule has 106 valence electrons. The number of fused-ring (bicyclic) bond motifs is 1. The van der Waals surface area contributed by atoms with Gasteiger partial charge >= 0.3 is 5.97 Å². The van der Waals surface area contributed by atoms with Crippen LogP contribution in [0.2, 0.25) is 5.02 Å². The molecule has 2 aromatic rings. The number of aliphatic carboxylic acids is 1. The van der Waals surface area contributed by atoms with Gasteiger partial charge in [-0.3, -0.25) is 9.59 Å². The zero-order valence-corrected chi connectivity index (χ0v) is 12.4. The number of hydrogen-bond acceptors (Lipinski definition) is 3. The summed E-state index contributed by atoms with van der Waals surface area (Å²) in [5.41, 5.74) is 0.910. The number of halogens is 1. The molecule has 0 saturated heterocycles. The van der Waals surface area contributed by atoms with Crippen LogP contribution in [-0.2, 0) is 16.0 Å². The molecule has 2 rings (SSSR count). The van der Waals surface area contributed by atoms with Crippen molar-refractivity contribution in [2.24, 2.45) is 0 Å². The molecular formula is C14H14ClNO3S. The Hall–Kier alpha value is -1.59. The molecule has 1 atom stereocenters. The Morgan fingerprint density at radius 2 is 2.20 bits per heavy atom. The van der Waals surface area contributed by atoms with Gasteiger partial charge in [0.2, 0.25) is 5.91 Å². The lowest BCUT2D eigenvalue weighted by Crippen LogP contribution is -2.35. The molecule has 0 saturated carbocycles. The highest BCUT2D eigenvalue weighted by Gasteiger charge is 2.13. The van der Waals surface area contributed by atoms with Crippen LogP contribution in [-0.4, -0.2) is 23.0 Å². The third-order valence-electron chi connectivity index (χ3n) is 2.85. The largest absolute Gasteiger partial charge is 0.481 e. The van der Waals surface area contributed by atoms with E-state index in [-0.39, 0.29) is 24.8 Å². The topological polar surface area (TPSA) is 66.4 Å². The standard InChI is InChI=1S/C14H14ClNO3S/c1-8(4-14(18)19)16-13(17)5-9-7-20-12-3-2-10(15)6-11(9)12/h2-3,6-8H,4-5H2,1H3,(H,16,17)(H,18,19). The smallest absolute Gasteiger partial charge is 0.305 e. The molecule has 2 N–H and O–H groups in total. The molecule has 0 radical (unpaired) electrons. The van der Waals surface area contributed by atoms with Gasteiger partial charge in [0.15, 0.2) is 0 Å². The van der Waals surface area contributed by atoms with Gasteiger partial charge in [-0.25, -0.2) is 0 Å². The van der Waals surface area contributed by atoms with Gasteiger partial charge in [0.05, 0.1) is 12.8 Å². The maximum absolute atomic E-state index is 11.9. The second kappa shape index (κ2) is 6.24. The molecule has 0 spiro atoms. The first-order valence-corrected chi connectivity index (χ1v) is 7.38. The summed E-state index contributed by atoms with van der Waals surface area (Å²) >= 11 is 7.53. The minimum atomic E-state index is -0.925. The van der Waals surface area contributed by atoms with Crippen LogP contribution in [0.1, 0.15) is 18.9 Å². The number of carboxylic acid groups (broad SMARTS) is 1. The van der Waals surface area contributed by atoms with Crippen LogP contribution in [0, 0.1) is 0 Å². The van der Waals surface area contributed by atoms with Gasteiger partial charge in [0.25, 0.3) is 0 Å². The van der Waals surface area contributed by atoms with E-state index in [1.807, 2.05) is 23.6 Å². The molecule has 1 aromatic heterocycles. The maximum Gasteiger partial charge on any atom is 0.305 e. The van der Waals surface area contributed by atoms with Crippen molar-refractivity contribution in [2.45, 2.75) is 25.8 Å². The molecule has 6 heteroatoms. The molecule has 0 aliphatic rings. The summed E-state index contributed by atoms with van der Waals surface area (Å²) in [6.45, 7) is 1.68. The molecule has 4 nitrogen and oxygen atoms in total. The van der Waals surface area contributed by atoms with Crippen LogP contribution >= 0.6 is 22.9 Å². The Labute approximate surface area is 125 Å². The van der Waals surface area contributed by atoms with E-state index in [4.69, 9.17) is 16.7 Å². The summed E-state index contributed by atoms with van der Waals surface area (Å²) in [6, 6.07) is 5.21. The van der Waals surface area contributed by atoms with Crippen molar-refractivity contribution in [3.8, 4) is 0 Å². The van der Waals surface area contributed by atoms with Gasteiger partial charge in [0.1, 0.15) is 0 Å². The molecule has 1 amide bonds. The summed E-state index contributed by atoms with van der Waals surface area (Å²) in [4.78, 5) is 22.5. The summed E-state index contributed by atoms with van der Waals surface area (Å²) < 4.78 is 1.08. The maximum atomic E-state index is 11.9. The van der Waals surface area contributed by atoms with Gasteiger partial charge in [-0.15, -0.1) is 11.3 Å². The highest BCUT2D eigenvalue weighted by Crippen LogP contribution is 2.28. The van der Waals surface area contributed by atoms with E-state index in [2.05, 4.69) is 5.32 Å². The molecule has 1 heterocycles. The van der Waals surface area contributed by atoms with Gasteiger partial charge in [-0.2, -0.15) is 0 Å². The van der Waals surface area contributed by atoms with E-state index in [0.717, 1.165) is 15.6 Å². The molecule has 0 aliphatic heterocycles. The average Bonchev–Trinajstić information content (AvgIpc) is 2.70. The van der Waals surface area contributed by atoms with Crippen LogP contribution in [0.5, 0.6) is 0 Å². The van der Waals surface area contributed by atoms with Gasteiger partial charge in [-0.1, -0.05) is 11.6 Å². The molecule has 0 bridgehead atoms. The second-order valence-electron chi connectivity index (χ2n) is 4.64. The number of amides is 1. The number of carbonyl (C=O) groups excluding carboxylic acids is 1. The van der Waals surface area contributed by atoms with Crippen LogP contribution in [0.25, 0.3) is 10.1 Å². The van der Waals surface area contributed by atoms with Crippen molar-refractivity contribution >= 4 is 44.9 Å². The van der Waals surface area contributed by atoms with Gasteiger partial charge < -0.3 is 10.4 Å². The lowest BCUT2D eigenvalue weighted by atomic mass is 10.1. The quantitative estimate of drug-likeness (QED) is 0.891. The third-order valence-corrected chi connectivity index (χ3v) is 4.10. The Bertz CT molecular complexity index is 653. The van der Waals surface area contributed by atoms with E-state index >= 15 is 0 Å². The molecule has 1 unspecified atom stereocenters. The Balaban J connectivity index is 2.06. The predicted molar refractivity (Wildman–Crippen MR) is 80.4 cm³/mol. The number of thiophene rings is 1. The normalized spacial score (nSPS) is 12.3. The van der Waals surface area contributed by atoms with E-state index in [0.29, 0.717) is 5.02 Å². The molecule has 0 fully saturated rings. The minimum Gasteiger partial charge on any atom is -0.481 e. The van der Waals surface area contributed by atoms with Crippen LogP contribution < -0.4 is 5.32 Å². The first-order valence-electron chi connectivity index (χ1n) is 6.12. The van der Waals surface area contributed by atoms with Crippen molar-refractivity contribution in [2.75, 3.05) is 0 Å². The second-order valence-corrected chi connectivity index (χ2v) is 5.99. The Morgan fingerprint density at radius 3 is 2.90 bits per heavy atom. The Morgan fingerprint density at radius 1 is 1.45 bits per heavy atom. The summed E-state index contributed by atoms with van der Waals surface area (Å²) in [5, 5.41) is 14.9. The van der Waals surface area contributed by atoms with Crippen molar-refractivity contribution in [1.29, 1.82) is 0 Å². The monoisotopic (exact) mass is 311 g/mol. The molecule has 1 aromatic carbocycles. The van der Waals surface area contributed by atoms with Crippen LogP contribution in [0.15, 0.2) is 23.6 Å². The van der Waals surface area contributed by atoms with E-state index < -0.39 is 5.97 Å². The lowest BCUT2D eigenvalue weighted by molar-refractivity contribution is -0.137. The predicted octanol–water partition coefficient (Wildman–Crippen LogP) is 3.08. The highest BCUT2D eigenvalue weighted by molar-refractivity contribution is 7.17. The molecule has 0 aliphatic carbocycles. The van der Waals surface area contributed by atoms with Crippen LogP contribution in [0.4, 0.5) is 0 Å². The van der Waals surface area contributed by atoms with Crippen molar-refractivity contribution in [3.05, 3.63) is 34.2 Å². The number of carbonyl (C=O) groups is 2. The molecular weight excluding hydrogens is 298 g/mol. The summed E-state index contributed by atoms with van der Waals surface area (Å²) in [6.07, 6.45) is 0.145. The van der Waals surface area contributed by atoms with Crippen molar-refractivity contribution in [3.63, 3.8) is 0 Å².